The Labute approximate surface area is 145 Å². The molecule has 0 fully saturated rings. The van der Waals surface area contributed by atoms with E-state index in [9.17, 15) is 14.7 Å². The Balaban J connectivity index is 2.10. The molecular formula is C21H17NO3. The lowest BCUT2D eigenvalue weighted by atomic mass is 9.94. The summed E-state index contributed by atoms with van der Waals surface area (Å²) >= 11 is 0. The SMILES string of the molecule is Cc1ccc(-c2cccc(C(=O)O)c2C(=O)Nc2ccccc2)cc1. The van der Waals surface area contributed by atoms with Gasteiger partial charge in [0, 0.05) is 5.69 Å². The topological polar surface area (TPSA) is 66.4 Å². The molecule has 0 aliphatic carbocycles. The van der Waals surface area contributed by atoms with Gasteiger partial charge in [0.05, 0.1) is 11.1 Å². The fraction of sp³-hybridized carbons (Fsp3) is 0.0476. The zero-order valence-electron chi connectivity index (χ0n) is 13.7. The second-order valence-electron chi connectivity index (χ2n) is 5.72. The lowest BCUT2D eigenvalue weighted by Gasteiger charge is -2.13. The Kier molecular flexibility index (Phi) is 4.61. The number of benzene rings is 3. The third kappa shape index (κ3) is 3.58. The van der Waals surface area contributed by atoms with Gasteiger partial charge in [0.25, 0.3) is 5.91 Å². The van der Waals surface area contributed by atoms with Crippen LogP contribution in [0.5, 0.6) is 0 Å². The van der Waals surface area contributed by atoms with Crippen LogP contribution in [0.25, 0.3) is 11.1 Å². The summed E-state index contributed by atoms with van der Waals surface area (Å²) in [7, 11) is 0. The van der Waals surface area contributed by atoms with Gasteiger partial charge in [-0.25, -0.2) is 4.79 Å². The summed E-state index contributed by atoms with van der Waals surface area (Å²) in [6.45, 7) is 1.97. The smallest absolute Gasteiger partial charge is 0.336 e. The van der Waals surface area contributed by atoms with Gasteiger partial charge in [-0.3, -0.25) is 4.79 Å². The van der Waals surface area contributed by atoms with Crippen molar-refractivity contribution in [2.75, 3.05) is 5.32 Å². The molecule has 0 bridgehead atoms. The van der Waals surface area contributed by atoms with E-state index in [2.05, 4.69) is 5.32 Å². The summed E-state index contributed by atoms with van der Waals surface area (Å²) in [6.07, 6.45) is 0. The average molecular weight is 331 g/mol. The molecule has 0 aliphatic heterocycles. The minimum absolute atomic E-state index is 0.0218. The second-order valence-corrected chi connectivity index (χ2v) is 5.72. The van der Waals surface area contributed by atoms with Crippen LogP contribution in [0.1, 0.15) is 26.3 Å². The number of para-hydroxylation sites is 1. The molecule has 2 N–H and O–H groups in total. The number of carboxylic acid groups (broad SMARTS) is 1. The van der Waals surface area contributed by atoms with E-state index in [1.54, 1.807) is 36.4 Å². The first-order valence-electron chi connectivity index (χ1n) is 7.86. The minimum Gasteiger partial charge on any atom is -0.478 e. The standard InChI is InChI=1S/C21H17NO3/c1-14-10-12-15(13-11-14)17-8-5-9-18(21(24)25)19(17)20(23)22-16-6-3-2-4-7-16/h2-13H,1H3,(H,22,23)(H,24,25). The van der Waals surface area contributed by atoms with Crippen molar-refractivity contribution in [1.82, 2.24) is 0 Å². The van der Waals surface area contributed by atoms with Crippen LogP contribution in [0.3, 0.4) is 0 Å². The summed E-state index contributed by atoms with van der Waals surface area (Å²) in [5.74, 6) is -1.58. The highest BCUT2D eigenvalue weighted by atomic mass is 16.4. The number of aryl methyl sites for hydroxylation is 1. The van der Waals surface area contributed by atoms with Crippen LogP contribution in [0.15, 0.2) is 72.8 Å². The van der Waals surface area contributed by atoms with Crippen LogP contribution >= 0.6 is 0 Å². The Morgan fingerprint density at radius 2 is 1.52 bits per heavy atom. The number of rotatable bonds is 4. The molecule has 0 saturated heterocycles. The summed E-state index contributed by atoms with van der Waals surface area (Å²) in [6, 6.07) is 21.5. The van der Waals surface area contributed by atoms with Gasteiger partial charge >= 0.3 is 5.97 Å². The molecule has 3 aromatic carbocycles. The highest BCUT2D eigenvalue weighted by Gasteiger charge is 2.21. The third-order valence-corrected chi connectivity index (χ3v) is 3.92. The van der Waals surface area contributed by atoms with Gasteiger partial charge < -0.3 is 10.4 Å². The number of hydrogen-bond donors (Lipinski definition) is 2. The van der Waals surface area contributed by atoms with E-state index >= 15 is 0 Å². The van der Waals surface area contributed by atoms with Crippen LogP contribution in [-0.2, 0) is 0 Å². The Morgan fingerprint density at radius 1 is 0.840 bits per heavy atom. The number of aromatic carboxylic acids is 1. The number of carbonyl (C=O) groups is 2. The largest absolute Gasteiger partial charge is 0.478 e. The van der Waals surface area contributed by atoms with E-state index in [1.807, 2.05) is 37.3 Å². The van der Waals surface area contributed by atoms with Crippen molar-refractivity contribution in [3.05, 3.63) is 89.5 Å². The first kappa shape index (κ1) is 16.5. The molecule has 4 heteroatoms. The van der Waals surface area contributed by atoms with Gasteiger partial charge in [-0.15, -0.1) is 0 Å². The predicted molar refractivity (Wildman–Crippen MR) is 98.0 cm³/mol. The third-order valence-electron chi connectivity index (χ3n) is 3.92. The molecule has 1 amide bonds. The van der Waals surface area contributed by atoms with Crippen molar-refractivity contribution in [1.29, 1.82) is 0 Å². The number of hydrogen-bond acceptors (Lipinski definition) is 2. The molecule has 3 rings (SSSR count). The lowest BCUT2D eigenvalue weighted by Crippen LogP contribution is -2.17. The number of nitrogens with one attached hydrogen (secondary N) is 1. The van der Waals surface area contributed by atoms with Crippen molar-refractivity contribution in [2.24, 2.45) is 0 Å². The molecule has 0 saturated carbocycles. The Bertz CT molecular complexity index is 916. The number of carbonyl (C=O) groups excluding carboxylic acids is 1. The van der Waals surface area contributed by atoms with E-state index < -0.39 is 11.9 Å². The van der Waals surface area contributed by atoms with Crippen LogP contribution < -0.4 is 5.32 Å². The van der Waals surface area contributed by atoms with E-state index in [0.29, 0.717) is 11.3 Å². The predicted octanol–water partition coefficient (Wildman–Crippen LogP) is 4.61. The van der Waals surface area contributed by atoms with Crippen LogP contribution in [-0.4, -0.2) is 17.0 Å². The summed E-state index contributed by atoms with van der Waals surface area (Å²) in [4.78, 5) is 24.5. The molecule has 3 aromatic rings. The first-order valence-corrected chi connectivity index (χ1v) is 7.86. The monoisotopic (exact) mass is 331 g/mol. The van der Waals surface area contributed by atoms with Crippen molar-refractivity contribution in [3.63, 3.8) is 0 Å². The average Bonchev–Trinajstić information content (AvgIpc) is 2.62. The highest BCUT2D eigenvalue weighted by Crippen LogP contribution is 2.28. The van der Waals surface area contributed by atoms with E-state index in [0.717, 1.165) is 11.1 Å². The lowest BCUT2D eigenvalue weighted by molar-refractivity contribution is 0.0692. The maximum Gasteiger partial charge on any atom is 0.336 e. The highest BCUT2D eigenvalue weighted by molar-refractivity contribution is 6.14. The molecule has 4 nitrogen and oxygen atoms in total. The molecule has 0 spiro atoms. The number of amides is 1. The number of carboxylic acids is 1. The van der Waals surface area contributed by atoms with Gasteiger partial charge in [-0.1, -0.05) is 60.2 Å². The summed E-state index contributed by atoms with van der Waals surface area (Å²) < 4.78 is 0. The molecule has 0 heterocycles. The van der Waals surface area contributed by atoms with Crippen molar-refractivity contribution in [3.8, 4) is 11.1 Å². The summed E-state index contributed by atoms with van der Waals surface area (Å²) in [5, 5.41) is 12.3. The van der Waals surface area contributed by atoms with Crippen LogP contribution in [0.2, 0.25) is 0 Å². The first-order chi connectivity index (χ1) is 12.1. The maximum absolute atomic E-state index is 12.8. The molecule has 0 unspecified atom stereocenters. The van der Waals surface area contributed by atoms with Crippen molar-refractivity contribution in [2.45, 2.75) is 6.92 Å². The summed E-state index contributed by atoms with van der Waals surface area (Å²) in [5.41, 5.74) is 3.23. The van der Waals surface area contributed by atoms with E-state index in [-0.39, 0.29) is 11.1 Å². The zero-order chi connectivity index (χ0) is 17.8. The Hall–Kier alpha value is -3.40. The van der Waals surface area contributed by atoms with Gasteiger partial charge in [-0.05, 0) is 36.2 Å². The normalized spacial score (nSPS) is 10.3. The fourth-order valence-electron chi connectivity index (χ4n) is 2.66. The molecule has 0 aromatic heterocycles. The maximum atomic E-state index is 12.8. The van der Waals surface area contributed by atoms with Crippen LogP contribution in [0, 0.1) is 6.92 Å². The van der Waals surface area contributed by atoms with Gasteiger partial charge in [0.15, 0.2) is 0 Å². The molecular weight excluding hydrogens is 314 g/mol. The molecule has 25 heavy (non-hydrogen) atoms. The molecule has 0 aliphatic rings. The van der Waals surface area contributed by atoms with Gasteiger partial charge in [0.1, 0.15) is 0 Å². The molecule has 124 valence electrons. The fourth-order valence-corrected chi connectivity index (χ4v) is 2.66. The van der Waals surface area contributed by atoms with E-state index in [4.69, 9.17) is 0 Å². The molecule has 0 atom stereocenters. The van der Waals surface area contributed by atoms with Crippen molar-refractivity contribution >= 4 is 17.6 Å². The number of anilines is 1. The van der Waals surface area contributed by atoms with E-state index in [1.165, 1.54) is 6.07 Å². The van der Waals surface area contributed by atoms with Gasteiger partial charge in [0.2, 0.25) is 0 Å². The zero-order valence-corrected chi connectivity index (χ0v) is 13.7. The van der Waals surface area contributed by atoms with Gasteiger partial charge in [-0.2, -0.15) is 0 Å². The molecule has 0 radical (unpaired) electrons. The second kappa shape index (κ2) is 7.01. The Morgan fingerprint density at radius 3 is 2.16 bits per heavy atom. The quantitative estimate of drug-likeness (QED) is 0.733. The minimum atomic E-state index is -1.13. The van der Waals surface area contributed by atoms with Crippen molar-refractivity contribution < 1.29 is 14.7 Å². The van der Waals surface area contributed by atoms with Crippen LogP contribution in [0.4, 0.5) is 5.69 Å².